The Hall–Kier alpha value is -0.620. The second kappa shape index (κ2) is 5.79. The van der Waals surface area contributed by atoms with Crippen LogP contribution in [0.25, 0.3) is 0 Å². The van der Waals surface area contributed by atoms with Gasteiger partial charge in [0, 0.05) is 11.1 Å². The highest BCUT2D eigenvalue weighted by molar-refractivity contribution is 7.89. The molecule has 0 aromatic heterocycles. The minimum atomic E-state index is -3.61. The Balaban J connectivity index is 2.22. The molecule has 0 amide bonds. The van der Waals surface area contributed by atoms with E-state index in [9.17, 15) is 13.5 Å². The van der Waals surface area contributed by atoms with E-state index in [0.29, 0.717) is 23.4 Å². The van der Waals surface area contributed by atoms with Gasteiger partial charge in [0.25, 0.3) is 0 Å². The van der Waals surface area contributed by atoms with Crippen LogP contribution in [-0.4, -0.2) is 25.7 Å². The molecular formula is C13H18ClNO3S. The van der Waals surface area contributed by atoms with Crippen LogP contribution in [0.5, 0.6) is 0 Å². The topological polar surface area (TPSA) is 66.4 Å². The molecule has 2 rings (SSSR count). The largest absolute Gasteiger partial charge is 0.391 e. The number of halogens is 1. The van der Waals surface area contributed by atoms with E-state index in [1.807, 2.05) is 0 Å². The molecule has 106 valence electrons. The van der Waals surface area contributed by atoms with Gasteiger partial charge >= 0.3 is 0 Å². The fourth-order valence-corrected chi connectivity index (χ4v) is 4.18. The second-order valence-electron chi connectivity index (χ2n) is 4.99. The molecule has 4 nitrogen and oxygen atoms in total. The van der Waals surface area contributed by atoms with Gasteiger partial charge in [0.1, 0.15) is 0 Å². The summed E-state index contributed by atoms with van der Waals surface area (Å²) >= 11 is 5.83. The van der Waals surface area contributed by atoms with E-state index in [-0.39, 0.29) is 4.90 Å². The van der Waals surface area contributed by atoms with Crippen molar-refractivity contribution in [1.29, 1.82) is 0 Å². The minimum absolute atomic E-state index is 0.217. The van der Waals surface area contributed by atoms with Crippen LogP contribution in [0.1, 0.15) is 31.2 Å². The Morgan fingerprint density at radius 3 is 2.63 bits per heavy atom. The van der Waals surface area contributed by atoms with Gasteiger partial charge in [0.15, 0.2) is 0 Å². The molecule has 1 fully saturated rings. The lowest BCUT2D eigenvalue weighted by Crippen LogP contribution is -2.45. The van der Waals surface area contributed by atoms with Gasteiger partial charge in [-0.2, -0.15) is 0 Å². The summed E-state index contributed by atoms with van der Waals surface area (Å²) in [7, 11) is -3.61. The third-order valence-electron chi connectivity index (χ3n) is 3.46. The molecule has 1 aromatic rings. The van der Waals surface area contributed by atoms with Gasteiger partial charge in [0.05, 0.1) is 11.0 Å². The summed E-state index contributed by atoms with van der Waals surface area (Å²) in [5, 5.41) is 10.4. The van der Waals surface area contributed by atoms with Crippen molar-refractivity contribution in [2.75, 3.05) is 0 Å². The summed E-state index contributed by atoms with van der Waals surface area (Å²) in [4.78, 5) is 0.217. The quantitative estimate of drug-likeness (QED) is 0.900. The maximum absolute atomic E-state index is 12.3. The average Bonchev–Trinajstić information content (AvgIpc) is 2.31. The van der Waals surface area contributed by atoms with Crippen LogP contribution >= 0.6 is 11.6 Å². The predicted molar refractivity (Wildman–Crippen MR) is 74.8 cm³/mol. The van der Waals surface area contributed by atoms with Gasteiger partial charge in [-0.3, -0.25) is 0 Å². The first-order chi connectivity index (χ1) is 8.90. The summed E-state index contributed by atoms with van der Waals surface area (Å²) in [6, 6.07) is 4.28. The highest BCUT2D eigenvalue weighted by Gasteiger charge is 2.28. The van der Waals surface area contributed by atoms with Gasteiger partial charge < -0.3 is 5.11 Å². The second-order valence-corrected chi connectivity index (χ2v) is 7.11. The van der Waals surface area contributed by atoms with E-state index >= 15 is 0 Å². The standard InChI is InChI=1S/C13H18ClNO3S/c1-9-8-10(14)6-7-13(9)19(17,18)15-11-4-2-3-5-12(11)16/h6-8,11-12,15-16H,2-5H2,1H3/t11-,12-/m1/s1. The number of hydrogen-bond donors (Lipinski definition) is 2. The predicted octanol–water partition coefficient (Wildman–Crippen LogP) is 2.23. The van der Waals surface area contributed by atoms with E-state index in [1.54, 1.807) is 19.1 Å². The summed E-state index contributed by atoms with van der Waals surface area (Å²) in [5.74, 6) is 0. The van der Waals surface area contributed by atoms with Crippen LogP contribution in [0.3, 0.4) is 0 Å². The molecule has 19 heavy (non-hydrogen) atoms. The molecule has 1 aromatic carbocycles. The zero-order chi connectivity index (χ0) is 14.0. The molecule has 1 aliphatic carbocycles. The van der Waals surface area contributed by atoms with Crippen LogP contribution in [0.15, 0.2) is 23.1 Å². The smallest absolute Gasteiger partial charge is 0.241 e. The number of nitrogens with one attached hydrogen (secondary N) is 1. The average molecular weight is 304 g/mol. The number of rotatable bonds is 3. The summed E-state index contributed by atoms with van der Waals surface area (Å²) < 4.78 is 27.2. The highest BCUT2D eigenvalue weighted by Crippen LogP contribution is 2.23. The number of aryl methyl sites for hydroxylation is 1. The highest BCUT2D eigenvalue weighted by atomic mass is 35.5. The number of hydrogen-bond acceptors (Lipinski definition) is 3. The van der Waals surface area contributed by atoms with Crippen molar-refractivity contribution in [2.45, 2.75) is 49.6 Å². The van der Waals surface area contributed by atoms with Crippen molar-refractivity contribution in [3.05, 3.63) is 28.8 Å². The van der Waals surface area contributed by atoms with E-state index in [2.05, 4.69) is 4.72 Å². The van der Waals surface area contributed by atoms with Crippen molar-refractivity contribution >= 4 is 21.6 Å². The van der Waals surface area contributed by atoms with Gasteiger partial charge in [-0.1, -0.05) is 24.4 Å². The number of aliphatic hydroxyl groups excluding tert-OH is 1. The third-order valence-corrected chi connectivity index (χ3v) is 5.35. The zero-order valence-electron chi connectivity index (χ0n) is 10.8. The summed E-state index contributed by atoms with van der Waals surface area (Å²) in [6.45, 7) is 1.71. The fourth-order valence-electron chi connectivity index (χ4n) is 2.43. The number of sulfonamides is 1. The van der Waals surface area contributed by atoms with Crippen LogP contribution in [0.2, 0.25) is 5.02 Å². The molecule has 1 aliphatic rings. The Bertz CT molecular complexity index is 559. The van der Waals surface area contributed by atoms with Crippen molar-refractivity contribution in [3.8, 4) is 0 Å². The molecule has 0 spiro atoms. The van der Waals surface area contributed by atoms with Crippen LogP contribution in [-0.2, 0) is 10.0 Å². The Morgan fingerprint density at radius 1 is 1.32 bits per heavy atom. The molecule has 2 atom stereocenters. The Kier molecular flexibility index (Phi) is 4.50. The van der Waals surface area contributed by atoms with Crippen molar-refractivity contribution in [2.24, 2.45) is 0 Å². The molecule has 0 heterocycles. The molecule has 6 heteroatoms. The monoisotopic (exact) mass is 303 g/mol. The number of benzene rings is 1. The summed E-state index contributed by atoms with van der Waals surface area (Å²) in [5.41, 5.74) is 0.602. The SMILES string of the molecule is Cc1cc(Cl)ccc1S(=O)(=O)N[C@@H]1CCCC[C@H]1O. The van der Waals surface area contributed by atoms with E-state index in [1.165, 1.54) is 6.07 Å². The fraction of sp³-hybridized carbons (Fsp3) is 0.538. The maximum Gasteiger partial charge on any atom is 0.241 e. The third kappa shape index (κ3) is 3.48. The van der Waals surface area contributed by atoms with E-state index in [0.717, 1.165) is 12.8 Å². The van der Waals surface area contributed by atoms with Crippen LogP contribution in [0, 0.1) is 6.92 Å². The lowest BCUT2D eigenvalue weighted by atomic mass is 9.93. The van der Waals surface area contributed by atoms with Gasteiger partial charge in [-0.25, -0.2) is 13.1 Å². The number of aliphatic hydroxyl groups is 1. The molecule has 0 radical (unpaired) electrons. The van der Waals surface area contributed by atoms with E-state index in [4.69, 9.17) is 11.6 Å². The van der Waals surface area contributed by atoms with Crippen LogP contribution < -0.4 is 4.72 Å². The van der Waals surface area contributed by atoms with Crippen molar-refractivity contribution in [1.82, 2.24) is 4.72 Å². The van der Waals surface area contributed by atoms with Crippen molar-refractivity contribution in [3.63, 3.8) is 0 Å². The van der Waals surface area contributed by atoms with Crippen LogP contribution in [0.4, 0.5) is 0 Å². The molecule has 0 aliphatic heterocycles. The molecular weight excluding hydrogens is 286 g/mol. The Labute approximate surface area is 118 Å². The zero-order valence-corrected chi connectivity index (χ0v) is 12.3. The normalized spacial score (nSPS) is 24.4. The van der Waals surface area contributed by atoms with Gasteiger partial charge in [-0.05, 0) is 43.5 Å². The Morgan fingerprint density at radius 2 is 2.00 bits per heavy atom. The first-order valence-electron chi connectivity index (χ1n) is 6.37. The molecule has 2 N–H and O–H groups in total. The summed E-state index contributed by atoms with van der Waals surface area (Å²) in [6.07, 6.45) is 2.60. The van der Waals surface area contributed by atoms with Gasteiger partial charge in [0.2, 0.25) is 10.0 Å². The molecule has 0 unspecified atom stereocenters. The molecule has 1 saturated carbocycles. The van der Waals surface area contributed by atoms with Crippen molar-refractivity contribution < 1.29 is 13.5 Å². The van der Waals surface area contributed by atoms with Gasteiger partial charge in [-0.15, -0.1) is 0 Å². The molecule has 0 bridgehead atoms. The minimum Gasteiger partial charge on any atom is -0.391 e. The lowest BCUT2D eigenvalue weighted by Gasteiger charge is -2.28. The van der Waals surface area contributed by atoms with E-state index < -0.39 is 22.2 Å². The first kappa shape index (κ1) is 14.8. The first-order valence-corrected chi connectivity index (χ1v) is 8.23. The maximum atomic E-state index is 12.3. The molecule has 0 saturated heterocycles. The lowest BCUT2D eigenvalue weighted by molar-refractivity contribution is 0.101.